The summed E-state index contributed by atoms with van der Waals surface area (Å²) in [7, 11) is 0. The predicted octanol–water partition coefficient (Wildman–Crippen LogP) is 7.80. The Hall–Kier alpha value is -5.04. The van der Waals surface area contributed by atoms with E-state index in [0.29, 0.717) is 12.0 Å². The molecule has 7 rings (SSSR count). The van der Waals surface area contributed by atoms with Crippen molar-refractivity contribution >= 4 is 23.7 Å². The second-order valence-corrected chi connectivity index (χ2v) is 14.5. The first-order valence-electron chi connectivity index (χ1n) is 18.0. The smallest absolute Gasteiger partial charge is 0.318 e. The third kappa shape index (κ3) is 5.31. The number of benzene rings is 4. The summed E-state index contributed by atoms with van der Waals surface area (Å²) < 4.78 is 18.7. The fraction of sp³-hybridized carbons (Fsp3) is 0.364. The second kappa shape index (κ2) is 13.6. The van der Waals surface area contributed by atoms with Crippen molar-refractivity contribution in [3.63, 3.8) is 0 Å². The first-order chi connectivity index (χ1) is 24.7. The van der Waals surface area contributed by atoms with Gasteiger partial charge in [-0.1, -0.05) is 123 Å². The molecular formula is C44H44O7. The largest absolute Gasteiger partial charge is 0.460 e. The van der Waals surface area contributed by atoms with Crippen LogP contribution in [-0.4, -0.2) is 23.7 Å². The van der Waals surface area contributed by atoms with E-state index in [1.54, 1.807) is 6.92 Å². The number of aryl methyl sites for hydroxylation is 2. The molecule has 2 saturated carbocycles. The summed E-state index contributed by atoms with van der Waals surface area (Å²) in [5, 5.41) is 0. The molecule has 0 saturated heterocycles. The van der Waals surface area contributed by atoms with Gasteiger partial charge in [0.05, 0.1) is 5.41 Å². The average Bonchev–Trinajstić information content (AvgIpc) is 3.46. The van der Waals surface area contributed by atoms with Crippen LogP contribution in [0.1, 0.15) is 79.3 Å². The molecule has 4 atom stereocenters. The lowest BCUT2D eigenvalue weighted by Crippen LogP contribution is -2.74. The van der Waals surface area contributed by atoms with Crippen LogP contribution < -0.4 is 0 Å². The Morgan fingerprint density at radius 3 is 1.59 bits per heavy atom. The molecule has 0 amide bonds. The van der Waals surface area contributed by atoms with Crippen LogP contribution in [0.2, 0.25) is 0 Å². The molecule has 3 aliphatic rings. The van der Waals surface area contributed by atoms with Crippen molar-refractivity contribution in [3.05, 3.63) is 143 Å². The quantitative estimate of drug-likeness (QED) is 0.124. The van der Waals surface area contributed by atoms with Crippen molar-refractivity contribution in [1.82, 2.24) is 0 Å². The van der Waals surface area contributed by atoms with Gasteiger partial charge in [-0.15, -0.1) is 0 Å². The van der Waals surface area contributed by atoms with Gasteiger partial charge in [-0.2, -0.15) is 0 Å². The molecule has 2 fully saturated rings. The van der Waals surface area contributed by atoms with Crippen molar-refractivity contribution in [2.24, 2.45) is 16.2 Å². The monoisotopic (exact) mass is 684 g/mol. The molecule has 0 aliphatic heterocycles. The summed E-state index contributed by atoms with van der Waals surface area (Å²) in [4.78, 5) is 60.1. The minimum Gasteiger partial charge on any atom is -0.460 e. The Kier molecular flexibility index (Phi) is 9.17. The number of carbonyl (C=O) groups excluding carboxylic acids is 4. The molecule has 4 unspecified atom stereocenters. The van der Waals surface area contributed by atoms with Gasteiger partial charge >= 0.3 is 17.9 Å². The van der Waals surface area contributed by atoms with E-state index in [-0.39, 0.29) is 57.7 Å². The zero-order chi connectivity index (χ0) is 35.7. The van der Waals surface area contributed by atoms with Crippen LogP contribution >= 0.6 is 0 Å². The Morgan fingerprint density at radius 2 is 1.06 bits per heavy atom. The molecule has 4 aromatic carbocycles. The standard InChI is InChI=1S/C44H44O7/c1-3-31-19-20-36-35(27-31)21-23-44(40(48)51-30-34-17-11-6-12-18-34)42(36,38(46)49-28-32-13-7-4-8-14-32)26-25-41(2)37(45)22-24-43(41,44)39(47)50-29-33-15-9-5-10-16-33/h4-20,27H,3,21-26,28-30H2,1-2H3. The van der Waals surface area contributed by atoms with Crippen LogP contribution in [0.25, 0.3) is 0 Å². The van der Waals surface area contributed by atoms with Gasteiger partial charge in [-0.3, -0.25) is 19.2 Å². The molecule has 3 aliphatic carbocycles. The lowest BCUT2D eigenvalue weighted by molar-refractivity contribution is -0.225. The Bertz CT molecular complexity index is 1940. The Balaban J connectivity index is 1.44. The molecule has 7 heteroatoms. The molecule has 4 aromatic rings. The molecule has 0 radical (unpaired) electrons. The van der Waals surface area contributed by atoms with E-state index in [0.717, 1.165) is 34.2 Å². The van der Waals surface area contributed by atoms with Crippen LogP contribution in [0, 0.1) is 16.2 Å². The van der Waals surface area contributed by atoms with Crippen LogP contribution in [-0.2, 0) is 71.5 Å². The van der Waals surface area contributed by atoms with Gasteiger partial charge in [0.25, 0.3) is 0 Å². The lowest BCUT2D eigenvalue weighted by Gasteiger charge is -2.64. The Labute approximate surface area is 299 Å². The minimum absolute atomic E-state index is 0.0133. The first kappa shape index (κ1) is 34.4. The van der Waals surface area contributed by atoms with Crippen LogP contribution in [0.15, 0.2) is 109 Å². The van der Waals surface area contributed by atoms with Crippen molar-refractivity contribution in [2.75, 3.05) is 0 Å². The molecule has 0 aromatic heterocycles. The lowest BCUT2D eigenvalue weighted by atomic mass is 9.34. The van der Waals surface area contributed by atoms with Crippen LogP contribution in [0.4, 0.5) is 0 Å². The fourth-order valence-corrected chi connectivity index (χ4v) is 9.62. The van der Waals surface area contributed by atoms with Gasteiger partial charge in [-0.05, 0) is 71.9 Å². The maximum Gasteiger partial charge on any atom is 0.318 e. The number of fused-ring (bicyclic) bond motifs is 5. The first-order valence-corrected chi connectivity index (χ1v) is 18.0. The molecule has 51 heavy (non-hydrogen) atoms. The average molecular weight is 685 g/mol. The highest BCUT2D eigenvalue weighted by atomic mass is 16.5. The number of carbonyl (C=O) groups is 4. The minimum atomic E-state index is -1.81. The number of hydrogen-bond acceptors (Lipinski definition) is 7. The van der Waals surface area contributed by atoms with Crippen molar-refractivity contribution in [3.8, 4) is 0 Å². The van der Waals surface area contributed by atoms with Crippen molar-refractivity contribution in [2.45, 2.75) is 84.0 Å². The van der Waals surface area contributed by atoms with E-state index in [4.69, 9.17) is 14.2 Å². The van der Waals surface area contributed by atoms with Gasteiger partial charge in [0.2, 0.25) is 0 Å². The third-order valence-electron chi connectivity index (χ3n) is 12.2. The van der Waals surface area contributed by atoms with Gasteiger partial charge in [0.15, 0.2) is 0 Å². The van der Waals surface area contributed by atoms with E-state index >= 15 is 14.4 Å². The summed E-state index contributed by atoms with van der Waals surface area (Å²) in [6.07, 6.45) is 1.81. The summed E-state index contributed by atoms with van der Waals surface area (Å²) in [6, 6.07) is 34.1. The van der Waals surface area contributed by atoms with Crippen LogP contribution in [0.3, 0.4) is 0 Å². The summed E-state index contributed by atoms with van der Waals surface area (Å²) in [6.45, 7) is 3.77. The van der Waals surface area contributed by atoms with Crippen molar-refractivity contribution in [1.29, 1.82) is 0 Å². The molecule has 0 heterocycles. The van der Waals surface area contributed by atoms with E-state index in [2.05, 4.69) is 13.0 Å². The highest BCUT2D eigenvalue weighted by Crippen LogP contribution is 2.75. The number of hydrogen-bond donors (Lipinski definition) is 0. The zero-order valence-corrected chi connectivity index (χ0v) is 29.3. The van der Waals surface area contributed by atoms with Gasteiger partial charge < -0.3 is 14.2 Å². The number of esters is 3. The third-order valence-corrected chi connectivity index (χ3v) is 12.2. The predicted molar refractivity (Wildman–Crippen MR) is 191 cm³/mol. The topological polar surface area (TPSA) is 96.0 Å². The summed E-state index contributed by atoms with van der Waals surface area (Å²) in [5.74, 6) is -2.02. The highest BCUT2D eigenvalue weighted by Gasteiger charge is 2.84. The molecular weight excluding hydrogens is 640 g/mol. The highest BCUT2D eigenvalue weighted by molar-refractivity contribution is 6.05. The maximum absolute atomic E-state index is 15.5. The zero-order valence-electron chi connectivity index (χ0n) is 29.3. The van der Waals surface area contributed by atoms with Gasteiger partial charge in [0.1, 0.15) is 36.4 Å². The number of ether oxygens (including phenoxy) is 3. The molecule has 0 bridgehead atoms. The molecule has 7 nitrogen and oxygen atoms in total. The second-order valence-electron chi connectivity index (χ2n) is 14.5. The van der Waals surface area contributed by atoms with Gasteiger partial charge in [0, 0.05) is 11.8 Å². The van der Waals surface area contributed by atoms with Crippen molar-refractivity contribution < 1.29 is 33.4 Å². The summed E-state index contributed by atoms with van der Waals surface area (Å²) >= 11 is 0. The van der Waals surface area contributed by atoms with E-state index in [1.165, 1.54) is 0 Å². The fourth-order valence-electron chi connectivity index (χ4n) is 9.62. The SMILES string of the molecule is CCc1ccc2c(c1)CCC1(C(=O)OCc3ccccc3)C2(C(=O)OCc2ccccc2)CCC2(C)C(=O)CCC21C(=O)OCc1ccccc1. The van der Waals surface area contributed by atoms with E-state index < -0.39 is 39.6 Å². The van der Waals surface area contributed by atoms with E-state index in [9.17, 15) is 4.79 Å². The number of Topliss-reactive ketones (excluding diaryl/α,β-unsaturated/α-hetero) is 1. The molecule has 0 N–H and O–H groups in total. The normalized spacial score (nSPS) is 26.3. The molecule has 0 spiro atoms. The number of rotatable bonds is 10. The summed E-state index contributed by atoms with van der Waals surface area (Å²) in [5.41, 5.74) is -1.37. The Morgan fingerprint density at radius 1 is 0.569 bits per heavy atom. The maximum atomic E-state index is 15.5. The molecule has 262 valence electrons. The van der Waals surface area contributed by atoms with E-state index in [1.807, 2.05) is 103 Å². The van der Waals surface area contributed by atoms with Gasteiger partial charge in [-0.25, -0.2) is 0 Å². The number of ketones is 1. The van der Waals surface area contributed by atoms with Crippen LogP contribution in [0.5, 0.6) is 0 Å².